The van der Waals surface area contributed by atoms with Crippen molar-refractivity contribution >= 4 is 29.9 Å². The number of rotatable bonds is 11. The molecule has 0 bridgehead atoms. The minimum atomic E-state index is 0. The Balaban J connectivity index is 0.00000576. The first-order chi connectivity index (χ1) is 11.7. The number of ether oxygens (including phenoxy) is 2. The van der Waals surface area contributed by atoms with Crippen LogP contribution in [-0.2, 0) is 22.6 Å². The van der Waals surface area contributed by atoms with Gasteiger partial charge < -0.3 is 20.1 Å². The second kappa shape index (κ2) is 15.4. The van der Waals surface area contributed by atoms with Gasteiger partial charge in [-0.3, -0.25) is 0 Å². The molecule has 1 rings (SSSR count). The van der Waals surface area contributed by atoms with Crippen molar-refractivity contribution < 1.29 is 9.47 Å². The average molecular weight is 463 g/mol. The van der Waals surface area contributed by atoms with E-state index in [4.69, 9.17) is 9.47 Å². The maximum atomic E-state index is 5.66. The van der Waals surface area contributed by atoms with E-state index in [1.807, 2.05) is 20.8 Å². The van der Waals surface area contributed by atoms with Crippen LogP contribution in [0.1, 0.15) is 45.2 Å². The van der Waals surface area contributed by atoms with E-state index in [9.17, 15) is 0 Å². The van der Waals surface area contributed by atoms with E-state index < -0.39 is 0 Å². The number of guanidine groups is 1. The molecule has 0 atom stereocenters. The second-order valence-corrected chi connectivity index (χ2v) is 5.85. The molecule has 0 radical (unpaired) electrons. The molecule has 1 aromatic carbocycles. The summed E-state index contributed by atoms with van der Waals surface area (Å²) in [5.41, 5.74) is 2.37. The van der Waals surface area contributed by atoms with Crippen LogP contribution < -0.4 is 10.6 Å². The summed E-state index contributed by atoms with van der Waals surface area (Å²) < 4.78 is 11.0. The Labute approximate surface area is 170 Å². The molecule has 5 nitrogen and oxygen atoms in total. The van der Waals surface area contributed by atoms with Crippen LogP contribution in [0.25, 0.3) is 0 Å². The van der Waals surface area contributed by atoms with Gasteiger partial charge in [-0.1, -0.05) is 24.3 Å². The molecule has 0 fully saturated rings. The first-order valence-corrected chi connectivity index (χ1v) is 8.95. The van der Waals surface area contributed by atoms with Crippen LogP contribution in [0.15, 0.2) is 29.3 Å². The summed E-state index contributed by atoms with van der Waals surface area (Å²) in [4.78, 5) is 4.65. The molecule has 0 amide bonds. The molecule has 0 spiro atoms. The SMILES string of the molecule is CCNC(=NCc1cccc(COC(C)C)c1)NCCCOCC.I. The summed E-state index contributed by atoms with van der Waals surface area (Å²) in [5.74, 6) is 0.845. The molecule has 0 saturated heterocycles. The van der Waals surface area contributed by atoms with Crippen molar-refractivity contribution in [2.75, 3.05) is 26.3 Å². The predicted octanol–water partition coefficient (Wildman–Crippen LogP) is 3.71. The fourth-order valence-corrected chi connectivity index (χ4v) is 2.12. The lowest BCUT2D eigenvalue weighted by Crippen LogP contribution is -2.38. The van der Waals surface area contributed by atoms with Crippen molar-refractivity contribution in [3.05, 3.63) is 35.4 Å². The van der Waals surface area contributed by atoms with Gasteiger partial charge in [-0.2, -0.15) is 0 Å². The van der Waals surface area contributed by atoms with Gasteiger partial charge in [0.15, 0.2) is 5.96 Å². The Hall–Kier alpha value is -0.860. The summed E-state index contributed by atoms with van der Waals surface area (Å²) in [7, 11) is 0. The Morgan fingerprint density at radius 3 is 2.60 bits per heavy atom. The van der Waals surface area contributed by atoms with Gasteiger partial charge in [0, 0.05) is 26.3 Å². The molecule has 144 valence electrons. The van der Waals surface area contributed by atoms with E-state index in [0.717, 1.165) is 38.7 Å². The lowest BCUT2D eigenvalue weighted by molar-refractivity contribution is 0.0657. The van der Waals surface area contributed by atoms with Crippen LogP contribution in [0.2, 0.25) is 0 Å². The lowest BCUT2D eigenvalue weighted by Gasteiger charge is -2.12. The predicted molar refractivity (Wildman–Crippen MR) is 116 cm³/mol. The Kier molecular flexibility index (Phi) is 14.9. The number of aliphatic imine (C=N–C) groups is 1. The third-order valence-electron chi connectivity index (χ3n) is 3.30. The molecule has 6 heteroatoms. The molecule has 25 heavy (non-hydrogen) atoms. The van der Waals surface area contributed by atoms with Crippen molar-refractivity contribution in [3.63, 3.8) is 0 Å². The largest absolute Gasteiger partial charge is 0.382 e. The lowest BCUT2D eigenvalue weighted by atomic mass is 10.1. The highest BCUT2D eigenvalue weighted by Gasteiger charge is 2.00. The fourth-order valence-electron chi connectivity index (χ4n) is 2.12. The molecular weight excluding hydrogens is 429 g/mol. The highest BCUT2D eigenvalue weighted by Crippen LogP contribution is 2.09. The molecule has 2 N–H and O–H groups in total. The summed E-state index contributed by atoms with van der Waals surface area (Å²) in [6, 6.07) is 8.41. The monoisotopic (exact) mass is 463 g/mol. The van der Waals surface area contributed by atoms with Crippen molar-refractivity contribution in [1.29, 1.82) is 0 Å². The summed E-state index contributed by atoms with van der Waals surface area (Å²) in [6.07, 6.45) is 1.22. The fraction of sp³-hybridized carbons (Fsp3) is 0.632. The Morgan fingerprint density at radius 2 is 1.92 bits per heavy atom. The van der Waals surface area contributed by atoms with Gasteiger partial charge in [0.25, 0.3) is 0 Å². The van der Waals surface area contributed by atoms with Crippen LogP contribution in [0.3, 0.4) is 0 Å². The molecule has 0 aliphatic rings. The van der Waals surface area contributed by atoms with Gasteiger partial charge in [0.2, 0.25) is 0 Å². The molecule has 0 aliphatic heterocycles. The van der Waals surface area contributed by atoms with Crippen LogP contribution in [0.4, 0.5) is 0 Å². The number of halogens is 1. The van der Waals surface area contributed by atoms with Gasteiger partial charge in [0.1, 0.15) is 0 Å². The van der Waals surface area contributed by atoms with Gasteiger partial charge in [-0.15, -0.1) is 24.0 Å². The minimum absolute atomic E-state index is 0. The summed E-state index contributed by atoms with van der Waals surface area (Å²) >= 11 is 0. The maximum Gasteiger partial charge on any atom is 0.191 e. The zero-order chi connectivity index (χ0) is 17.6. The third kappa shape index (κ3) is 12.2. The Morgan fingerprint density at radius 1 is 1.16 bits per heavy atom. The van der Waals surface area contributed by atoms with E-state index in [1.54, 1.807) is 0 Å². The smallest absolute Gasteiger partial charge is 0.191 e. The summed E-state index contributed by atoms with van der Waals surface area (Å²) in [5, 5.41) is 6.61. The number of benzene rings is 1. The van der Waals surface area contributed by atoms with Crippen molar-refractivity contribution in [3.8, 4) is 0 Å². The molecule has 0 saturated carbocycles. The first kappa shape index (κ1) is 24.1. The number of nitrogens with one attached hydrogen (secondary N) is 2. The van der Waals surface area contributed by atoms with Crippen LogP contribution in [0, 0.1) is 0 Å². The molecule has 0 heterocycles. The van der Waals surface area contributed by atoms with E-state index >= 15 is 0 Å². The normalized spacial score (nSPS) is 11.3. The Bertz CT molecular complexity index is 481. The number of hydrogen-bond donors (Lipinski definition) is 2. The zero-order valence-electron chi connectivity index (χ0n) is 16.0. The van der Waals surface area contributed by atoms with Crippen molar-refractivity contribution in [2.45, 2.75) is 53.4 Å². The zero-order valence-corrected chi connectivity index (χ0v) is 18.3. The highest BCUT2D eigenvalue weighted by molar-refractivity contribution is 14.0. The average Bonchev–Trinajstić information content (AvgIpc) is 2.58. The quantitative estimate of drug-likeness (QED) is 0.227. The van der Waals surface area contributed by atoms with E-state index in [0.29, 0.717) is 13.2 Å². The molecule has 1 aromatic rings. The minimum Gasteiger partial charge on any atom is -0.382 e. The van der Waals surface area contributed by atoms with Gasteiger partial charge in [-0.05, 0) is 45.2 Å². The van der Waals surface area contributed by atoms with Crippen LogP contribution in [0.5, 0.6) is 0 Å². The first-order valence-electron chi connectivity index (χ1n) is 8.95. The van der Waals surface area contributed by atoms with Crippen molar-refractivity contribution in [2.24, 2.45) is 4.99 Å². The number of hydrogen-bond acceptors (Lipinski definition) is 3. The molecule has 0 aromatic heterocycles. The summed E-state index contributed by atoms with van der Waals surface area (Å²) in [6.45, 7) is 12.7. The molecule has 0 aliphatic carbocycles. The number of nitrogens with zero attached hydrogens (tertiary/aromatic N) is 1. The topological polar surface area (TPSA) is 54.9 Å². The van der Waals surface area contributed by atoms with Crippen molar-refractivity contribution in [1.82, 2.24) is 10.6 Å². The van der Waals surface area contributed by atoms with Crippen LogP contribution in [-0.4, -0.2) is 38.4 Å². The highest BCUT2D eigenvalue weighted by atomic mass is 127. The van der Waals surface area contributed by atoms with Gasteiger partial charge in [-0.25, -0.2) is 4.99 Å². The third-order valence-corrected chi connectivity index (χ3v) is 3.30. The maximum absolute atomic E-state index is 5.66. The molecule has 0 unspecified atom stereocenters. The van der Waals surface area contributed by atoms with E-state index in [2.05, 4.69) is 46.8 Å². The standard InChI is InChI=1S/C19H33N3O2.HI/c1-5-20-19(21-11-8-12-23-6-2)22-14-17-9-7-10-18(13-17)15-24-16(3)4;/h7,9-10,13,16H,5-6,8,11-12,14-15H2,1-4H3,(H2,20,21,22);1H. The van der Waals surface area contributed by atoms with E-state index in [-0.39, 0.29) is 30.1 Å². The van der Waals surface area contributed by atoms with Gasteiger partial charge >= 0.3 is 0 Å². The second-order valence-electron chi connectivity index (χ2n) is 5.85. The van der Waals surface area contributed by atoms with Gasteiger partial charge in [0.05, 0.1) is 19.3 Å². The molecular formula is C19H34IN3O2. The van der Waals surface area contributed by atoms with E-state index in [1.165, 1.54) is 11.1 Å². The van der Waals surface area contributed by atoms with Crippen LogP contribution >= 0.6 is 24.0 Å².